The Kier molecular flexibility index (Phi) is 3.42. The topological polar surface area (TPSA) is 94.8 Å². The average Bonchev–Trinajstić information content (AvgIpc) is 3.10. The average molecular weight is 270 g/mol. The Morgan fingerprint density at radius 3 is 2.80 bits per heavy atom. The number of benzene rings is 1. The molecule has 0 spiro atoms. The standard InChI is InChI=1S/C13H14N6O/c14-6-12-17-18-13(20-12)16-11-7-15-19(9-11)8-10-4-2-1-3-5-10/h1-5,7,9H,6,8,14H2,(H,16,18). The van der Waals surface area contributed by atoms with Crippen molar-refractivity contribution in [1.29, 1.82) is 0 Å². The van der Waals surface area contributed by atoms with Crippen LogP contribution in [0.2, 0.25) is 0 Å². The maximum absolute atomic E-state index is 5.41. The molecule has 7 heteroatoms. The minimum atomic E-state index is 0.224. The first-order valence-electron chi connectivity index (χ1n) is 6.19. The summed E-state index contributed by atoms with van der Waals surface area (Å²) in [7, 11) is 0. The molecule has 0 saturated carbocycles. The van der Waals surface area contributed by atoms with Crippen molar-refractivity contribution in [2.45, 2.75) is 13.1 Å². The number of nitrogens with two attached hydrogens (primary N) is 1. The summed E-state index contributed by atoms with van der Waals surface area (Å²) >= 11 is 0. The molecule has 0 amide bonds. The van der Waals surface area contributed by atoms with Crippen molar-refractivity contribution in [1.82, 2.24) is 20.0 Å². The molecular formula is C13H14N6O. The van der Waals surface area contributed by atoms with Crippen LogP contribution < -0.4 is 11.1 Å². The lowest BCUT2D eigenvalue weighted by Crippen LogP contribution is -1.99. The lowest BCUT2D eigenvalue weighted by molar-refractivity contribution is 0.511. The number of rotatable bonds is 5. The summed E-state index contributed by atoms with van der Waals surface area (Å²) in [5.74, 6) is 0.393. The lowest BCUT2D eigenvalue weighted by atomic mass is 10.2. The van der Waals surface area contributed by atoms with Gasteiger partial charge >= 0.3 is 6.01 Å². The van der Waals surface area contributed by atoms with E-state index in [1.54, 1.807) is 6.20 Å². The zero-order valence-electron chi connectivity index (χ0n) is 10.7. The van der Waals surface area contributed by atoms with Gasteiger partial charge in [0.1, 0.15) is 0 Å². The van der Waals surface area contributed by atoms with Crippen molar-refractivity contribution < 1.29 is 4.42 Å². The van der Waals surface area contributed by atoms with Crippen LogP contribution in [0.15, 0.2) is 47.1 Å². The summed E-state index contributed by atoms with van der Waals surface area (Å²) in [4.78, 5) is 0. The van der Waals surface area contributed by atoms with Gasteiger partial charge < -0.3 is 15.5 Å². The fraction of sp³-hybridized carbons (Fsp3) is 0.154. The first-order valence-corrected chi connectivity index (χ1v) is 6.19. The number of hydrogen-bond acceptors (Lipinski definition) is 6. The van der Waals surface area contributed by atoms with Crippen molar-refractivity contribution in [3.63, 3.8) is 0 Å². The van der Waals surface area contributed by atoms with Gasteiger partial charge in [-0.2, -0.15) is 5.10 Å². The molecule has 0 radical (unpaired) electrons. The van der Waals surface area contributed by atoms with Crippen LogP contribution in [0.3, 0.4) is 0 Å². The summed E-state index contributed by atoms with van der Waals surface area (Å²) in [5.41, 5.74) is 7.38. The summed E-state index contributed by atoms with van der Waals surface area (Å²) < 4.78 is 7.10. The molecular weight excluding hydrogens is 256 g/mol. The zero-order chi connectivity index (χ0) is 13.8. The Balaban J connectivity index is 1.67. The SMILES string of the molecule is NCc1nnc(Nc2cnn(Cc3ccccc3)c2)o1. The third-order valence-electron chi connectivity index (χ3n) is 2.71. The summed E-state index contributed by atoms with van der Waals surface area (Å²) in [6.45, 7) is 0.933. The van der Waals surface area contributed by atoms with Crippen molar-refractivity contribution >= 4 is 11.7 Å². The normalized spacial score (nSPS) is 10.7. The summed E-state index contributed by atoms with van der Waals surface area (Å²) in [5, 5.41) is 14.9. The van der Waals surface area contributed by atoms with Crippen LogP contribution in [0.5, 0.6) is 0 Å². The number of hydrogen-bond donors (Lipinski definition) is 2. The maximum atomic E-state index is 5.41. The van der Waals surface area contributed by atoms with E-state index in [0.29, 0.717) is 18.5 Å². The van der Waals surface area contributed by atoms with E-state index in [-0.39, 0.29) is 6.54 Å². The van der Waals surface area contributed by atoms with E-state index in [2.05, 4.69) is 32.7 Å². The van der Waals surface area contributed by atoms with Gasteiger partial charge in [0.15, 0.2) is 0 Å². The Labute approximate surface area is 115 Å². The second kappa shape index (κ2) is 5.54. The lowest BCUT2D eigenvalue weighted by Gasteiger charge is -2.00. The first-order chi connectivity index (χ1) is 9.83. The van der Waals surface area contributed by atoms with E-state index in [0.717, 1.165) is 5.69 Å². The van der Waals surface area contributed by atoms with Gasteiger partial charge in [0.05, 0.1) is 25.0 Å². The van der Waals surface area contributed by atoms with E-state index < -0.39 is 0 Å². The highest BCUT2D eigenvalue weighted by Gasteiger charge is 2.06. The van der Waals surface area contributed by atoms with Crippen molar-refractivity contribution in [2.75, 3.05) is 5.32 Å². The Morgan fingerprint density at radius 2 is 2.05 bits per heavy atom. The summed E-state index contributed by atoms with van der Waals surface area (Å²) in [6.07, 6.45) is 3.58. The van der Waals surface area contributed by atoms with E-state index >= 15 is 0 Å². The smallest absolute Gasteiger partial charge is 0.320 e. The quantitative estimate of drug-likeness (QED) is 0.729. The molecule has 0 aliphatic carbocycles. The van der Waals surface area contributed by atoms with Gasteiger partial charge in [0, 0.05) is 6.20 Å². The van der Waals surface area contributed by atoms with Crippen LogP contribution in [0.1, 0.15) is 11.5 Å². The monoisotopic (exact) mass is 270 g/mol. The molecule has 2 aromatic heterocycles. The number of anilines is 2. The summed E-state index contributed by atoms with van der Waals surface area (Å²) in [6, 6.07) is 10.4. The molecule has 0 aliphatic heterocycles. The van der Waals surface area contributed by atoms with Gasteiger partial charge in [0.25, 0.3) is 0 Å². The second-order valence-electron chi connectivity index (χ2n) is 4.24. The van der Waals surface area contributed by atoms with E-state index in [1.807, 2.05) is 29.1 Å². The Hall–Kier alpha value is -2.67. The number of nitrogens with one attached hydrogen (secondary N) is 1. The minimum absolute atomic E-state index is 0.224. The largest absolute Gasteiger partial charge is 0.406 e. The number of nitrogens with zero attached hydrogens (tertiary/aromatic N) is 4. The zero-order valence-corrected chi connectivity index (χ0v) is 10.7. The van der Waals surface area contributed by atoms with E-state index in [1.165, 1.54) is 5.56 Å². The molecule has 102 valence electrons. The van der Waals surface area contributed by atoms with Gasteiger partial charge in [0.2, 0.25) is 5.89 Å². The van der Waals surface area contributed by atoms with Gasteiger partial charge in [-0.1, -0.05) is 35.4 Å². The molecule has 0 aliphatic rings. The molecule has 0 fully saturated rings. The minimum Gasteiger partial charge on any atom is -0.406 e. The van der Waals surface area contributed by atoms with Crippen LogP contribution >= 0.6 is 0 Å². The Morgan fingerprint density at radius 1 is 1.20 bits per heavy atom. The van der Waals surface area contributed by atoms with Crippen molar-refractivity contribution in [2.24, 2.45) is 5.73 Å². The molecule has 0 saturated heterocycles. The van der Waals surface area contributed by atoms with Gasteiger partial charge in [-0.15, -0.1) is 5.10 Å². The molecule has 3 rings (SSSR count). The molecule has 1 aromatic carbocycles. The van der Waals surface area contributed by atoms with Gasteiger partial charge in [-0.25, -0.2) is 0 Å². The van der Waals surface area contributed by atoms with E-state index in [9.17, 15) is 0 Å². The third kappa shape index (κ3) is 2.83. The second-order valence-corrected chi connectivity index (χ2v) is 4.24. The fourth-order valence-electron chi connectivity index (χ4n) is 1.80. The van der Waals surface area contributed by atoms with Crippen LogP contribution in [0.4, 0.5) is 11.7 Å². The highest BCUT2D eigenvalue weighted by molar-refractivity contribution is 5.48. The molecule has 7 nitrogen and oxygen atoms in total. The van der Waals surface area contributed by atoms with Crippen LogP contribution in [0, 0.1) is 0 Å². The molecule has 0 bridgehead atoms. The number of aromatic nitrogens is 4. The molecule has 0 atom stereocenters. The van der Waals surface area contributed by atoms with Crippen molar-refractivity contribution in [3.05, 3.63) is 54.2 Å². The highest BCUT2D eigenvalue weighted by atomic mass is 16.4. The predicted octanol–water partition coefficient (Wildman–Crippen LogP) is 1.52. The van der Waals surface area contributed by atoms with Crippen LogP contribution in [0.25, 0.3) is 0 Å². The molecule has 3 aromatic rings. The highest BCUT2D eigenvalue weighted by Crippen LogP contribution is 2.14. The van der Waals surface area contributed by atoms with Crippen molar-refractivity contribution in [3.8, 4) is 0 Å². The molecule has 2 heterocycles. The Bertz CT molecular complexity index is 675. The maximum Gasteiger partial charge on any atom is 0.320 e. The van der Waals surface area contributed by atoms with E-state index in [4.69, 9.17) is 10.2 Å². The predicted molar refractivity (Wildman–Crippen MR) is 73.2 cm³/mol. The molecule has 20 heavy (non-hydrogen) atoms. The van der Waals surface area contributed by atoms with Gasteiger partial charge in [-0.05, 0) is 5.56 Å². The fourth-order valence-corrected chi connectivity index (χ4v) is 1.80. The molecule has 3 N–H and O–H groups in total. The van der Waals surface area contributed by atoms with Crippen LogP contribution in [-0.2, 0) is 13.1 Å². The van der Waals surface area contributed by atoms with Gasteiger partial charge in [-0.3, -0.25) is 4.68 Å². The first kappa shape index (κ1) is 12.4. The molecule has 0 unspecified atom stereocenters. The van der Waals surface area contributed by atoms with Crippen LogP contribution in [-0.4, -0.2) is 20.0 Å². The third-order valence-corrected chi connectivity index (χ3v) is 2.71.